The minimum absolute atomic E-state index is 0.113. The number of hydrogen-bond acceptors (Lipinski definition) is 6. The van der Waals surface area contributed by atoms with Gasteiger partial charge in [-0.05, 0) is 25.3 Å². The minimum atomic E-state index is -0.244. The molecule has 2 N–H and O–H groups in total. The molecule has 1 aromatic rings. The highest BCUT2D eigenvalue weighted by Crippen LogP contribution is 2.34. The van der Waals surface area contributed by atoms with Crippen molar-refractivity contribution in [3.63, 3.8) is 0 Å². The third kappa shape index (κ3) is 5.83. The van der Waals surface area contributed by atoms with Crippen LogP contribution < -0.4 is 20.1 Å². The van der Waals surface area contributed by atoms with Crippen LogP contribution in [0.5, 0.6) is 11.5 Å². The maximum absolute atomic E-state index is 13.0. The molecule has 2 amide bonds. The van der Waals surface area contributed by atoms with E-state index in [0.29, 0.717) is 35.9 Å². The number of nitrogens with one attached hydrogen (secondary N) is 2. The minimum Gasteiger partial charge on any atom is -0.493 e. The van der Waals surface area contributed by atoms with E-state index in [1.807, 2.05) is 4.90 Å². The zero-order valence-electron chi connectivity index (χ0n) is 16.3. The quantitative estimate of drug-likeness (QED) is 0.632. The van der Waals surface area contributed by atoms with Gasteiger partial charge in [0.05, 0.1) is 38.6 Å². The molecule has 0 bridgehead atoms. The number of hydrogen-bond donors (Lipinski definition) is 2. The first-order chi connectivity index (χ1) is 13.1. The molecule has 27 heavy (non-hydrogen) atoms. The van der Waals surface area contributed by atoms with Gasteiger partial charge in [-0.15, -0.1) is 0 Å². The van der Waals surface area contributed by atoms with E-state index in [4.69, 9.17) is 14.2 Å². The normalized spacial score (nSPS) is 14.0. The van der Waals surface area contributed by atoms with Gasteiger partial charge in [0.1, 0.15) is 0 Å². The van der Waals surface area contributed by atoms with Crippen LogP contribution in [0.1, 0.15) is 29.6 Å². The van der Waals surface area contributed by atoms with Crippen LogP contribution in [0.2, 0.25) is 0 Å². The Kier molecular flexibility index (Phi) is 8.35. The second-order valence-corrected chi connectivity index (χ2v) is 6.32. The van der Waals surface area contributed by atoms with Crippen LogP contribution in [0.3, 0.4) is 0 Å². The first kappa shape index (κ1) is 21.0. The standard InChI is InChI=1S/C19H29N3O5/c1-25-10-7-20-13-18(23)21-15-12-17(27-3)16(26-2)11-14(15)19(24)22-8-5-4-6-9-22/h11-12,20H,4-10,13H2,1-3H3,(H,21,23). The van der Waals surface area contributed by atoms with E-state index >= 15 is 0 Å². The molecule has 150 valence electrons. The SMILES string of the molecule is COCCNCC(=O)Nc1cc(OC)c(OC)cc1C(=O)N1CCCCC1. The molecule has 8 heteroatoms. The van der Waals surface area contributed by atoms with Crippen LogP contribution in [0.25, 0.3) is 0 Å². The number of carbonyl (C=O) groups is 2. The van der Waals surface area contributed by atoms with E-state index in [-0.39, 0.29) is 18.4 Å². The summed E-state index contributed by atoms with van der Waals surface area (Å²) in [4.78, 5) is 27.1. The summed E-state index contributed by atoms with van der Waals surface area (Å²) in [6.07, 6.45) is 3.11. The number of piperidine rings is 1. The molecule has 1 aromatic carbocycles. The van der Waals surface area contributed by atoms with Crippen LogP contribution >= 0.6 is 0 Å². The Morgan fingerprint density at radius 2 is 1.70 bits per heavy atom. The lowest BCUT2D eigenvalue weighted by Crippen LogP contribution is -2.36. The molecular weight excluding hydrogens is 350 g/mol. The Hall–Kier alpha value is -2.32. The molecule has 2 rings (SSSR count). The summed E-state index contributed by atoms with van der Waals surface area (Å²) in [6, 6.07) is 3.26. The van der Waals surface area contributed by atoms with Gasteiger partial charge in [0.2, 0.25) is 5.91 Å². The van der Waals surface area contributed by atoms with Crippen LogP contribution in [0.15, 0.2) is 12.1 Å². The molecule has 0 atom stereocenters. The molecule has 0 radical (unpaired) electrons. The number of benzene rings is 1. The Balaban J connectivity index is 2.21. The zero-order chi connectivity index (χ0) is 19.6. The highest BCUT2D eigenvalue weighted by atomic mass is 16.5. The van der Waals surface area contributed by atoms with Gasteiger partial charge in [-0.3, -0.25) is 9.59 Å². The Bertz CT molecular complexity index is 644. The maximum atomic E-state index is 13.0. The van der Waals surface area contributed by atoms with Crippen molar-refractivity contribution in [1.82, 2.24) is 10.2 Å². The topological polar surface area (TPSA) is 89.1 Å². The second kappa shape index (κ2) is 10.7. The van der Waals surface area contributed by atoms with Gasteiger partial charge in [-0.2, -0.15) is 0 Å². The van der Waals surface area contributed by atoms with Gasteiger partial charge in [-0.25, -0.2) is 0 Å². The van der Waals surface area contributed by atoms with E-state index in [0.717, 1.165) is 32.4 Å². The van der Waals surface area contributed by atoms with Gasteiger partial charge in [0, 0.05) is 32.8 Å². The van der Waals surface area contributed by atoms with Crippen LogP contribution in [-0.4, -0.2) is 70.8 Å². The monoisotopic (exact) mass is 379 g/mol. The van der Waals surface area contributed by atoms with Crippen molar-refractivity contribution in [2.45, 2.75) is 19.3 Å². The molecule has 1 aliphatic rings. The number of ether oxygens (including phenoxy) is 3. The van der Waals surface area contributed by atoms with Crippen LogP contribution in [0, 0.1) is 0 Å². The molecule has 1 saturated heterocycles. The van der Waals surface area contributed by atoms with Crippen molar-refractivity contribution in [3.05, 3.63) is 17.7 Å². The summed E-state index contributed by atoms with van der Waals surface area (Å²) in [7, 11) is 4.64. The summed E-state index contributed by atoms with van der Waals surface area (Å²) in [5, 5.41) is 5.79. The van der Waals surface area contributed by atoms with Gasteiger partial charge in [0.15, 0.2) is 11.5 Å². The average molecular weight is 379 g/mol. The lowest BCUT2D eigenvalue weighted by molar-refractivity contribution is -0.115. The van der Waals surface area contributed by atoms with E-state index in [9.17, 15) is 9.59 Å². The predicted molar refractivity (Wildman–Crippen MR) is 103 cm³/mol. The maximum Gasteiger partial charge on any atom is 0.256 e. The number of methoxy groups -OCH3 is 3. The third-order valence-electron chi connectivity index (χ3n) is 4.44. The summed E-state index contributed by atoms with van der Waals surface area (Å²) >= 11 is 0. The largest absolute Gasteiger partial charge is 0.493 e. The van der Waals surface area contributed by atoms with Crippen LogP contribution in [-0.2, 0) is 9.53 Å². The smallest absolute Gasteiger partial charge is 0.256 e. The van der Waals surface area contributed by atoms with E-state index in [1.165, 1.54) is 14.2 Å². The molecule has 0 spiro atoms. The molecule has 0 aromatic heterocycles. The lowest BCUT2D eigenvalue weighted by Gasteiger charge is -2.28. The van der Waals surface area contributed by atoms with Crippen molar-refractivity contribution < 1.29 is 23.8 Å². The summed E-state index contributed by atoms with van der Waals surface area (Å²) in [5.41, 5.74) is 0.821. The number of rotatable bonds is 9. The van der Waals surface area contributed by atoms with Gasteiger partial charge < -0.3 is 29.7 Å². The number of likely N-dealkylation sites (tertiary alicyclic amines) is 1. The van der Waals surface area contributed by atoms with E-state index < -0.39 is 0 Å². The van der Waals surface area contributed by atoms with Gasteiger partial charge in [-0.1, -0.05) is 0 Å². The molecular formula is C19H29N3O5. The van der Waals surface area contributed by atoms with Crippen molar-refractivity contribution in [1.29, 1.82) is 0 Å². The fraction of sp³-hybridized carbons (Fsp3) is 0.579. The van der Waals surface area contributed by atoms with Gasteiger partial charge >= 0.3 is 0 Å². The fourth-order valence-electron chi connectivity index (χ4n) is 3.00. The number of nitrogens with zero attached hydrogens (tertiary/aromatic N) is 1. The van der Waals surface area contributed by atoms with Gasteiger partial charge in [0.25, 0.3) is 5.91 Å². The highest BCUT2D eigenvalue weighted by Gasteiger charge is 2.24. The Morgan fingerprint density at radius 3 is 2.33 bits per heavy atom. The van der Waals surface area contributed by atoms with E-state index in [2.05, 4.69) is 10.6 Å². The molecule has 0 unspecified atom stereocenters. The Labute approximate surface area is 160 Å². The average Bonchev–Trinajstić information content (AvgIpc) is 2.71. The Morgan fingerprint density at radius 1 is 1.04 bits per heavy atom. The predicted octanol–water partition coefficient (Wildman–Crippen LogP) is 1.50. The molecule has 0 saturated carbocycles. The van der Waals surface area contributed by atoms with Crippen molar-refractivity contribution >= 4 is 17.5 Å². The number of amides is 2. The van der Waals surface area contributed by atoms with Crippen LogP contribution in [0.4, 0.5) is 5.69 Å². The summed E-state index contributed by atoms with van der Waals surface area (Å²) in [5.74, 6) is 0.550. The molecule has 1 aliphatic heterocycles. The lowest BCUT2D eigenvalue weighted by atomic mass is 10.1. The fourth-order valence-corrected chi connectivity index (χ4v) is 3.00. The summed E-state index contributed by atoms with van der Waals surface area (Å²) in [6.45, 7) is 2.64. The van der Waals surface area contributed by atoms with Crippen molar-refractivity contribution in [2.75, 3.05) is 59.4 Å². The number of anilines is 1. The second-order valence-electron chi connectivity index (χ2n) is 6.32. The molecule has 1 fully saturated rings. The van der Waals surface area contributed by atoms with E-state index in [1.54, 1.807) is 19.2 Å². The molecule has 0 aliphatic carbocycles. The summed E-state index contributed by atoms with van der Waals surface area (Å²) < 4.78 is 15.6. The third-order valence-corrected chi connectivity index (χ3v) is 4.44. The number of carbonyl (C=O) groups excluding carboxylic acids is 2. The molecule has 8 nitrogen and oxygen atoms in total. The highest BCUT2D eigenvalue weighted by molar-refractivity contribution is 6.05. The first-order valence-corrected chi connectivity index (χ1v) is 9.15. The van der Waals surface area contributed by atoms with Crippen molar-refractivity contribution in [2.24, 2.45) is 0 Å². The first-order valence-electron chi connectivity index (χ1n) is 9.15. The molecule has 1 heterocycles. The zero-order valence-corrected chi connectivity index (χ0v) is 16.3. The van der Waals surface area contributed by atoms with Crippen molar-refractivity contribution in [3.8, 4) is 11.5 Å².